The Morgan fingerprint density at radius 2 is 1.80 bits per heavy atom. The summed E-state index contributed by atoms with van der Waals surface area (Å²) in [4.78, 5) is 24.4. The monoisotopic (exact) mass is 278 g/mol. The molecule has 0 saturated carbocycles. The van der Waals surface area contributed by atoms with Gasteiger partial charge in [0, 0.05) is 24.7 Å². The summed E-state index contributed by atoms with van der Waals surface area (Å²) < 4.78 is 0. The maximum absolute atomic E-state index is 12.1. The third kappa shape index (κ3) is 5.30. The van der Waals surface area contributed by atoms with Crippen molar-refractivity contribution in [2.45, 2.75) is 39.2 Å². The molecule has 5 heteroatoms. The SMILES string of the molecule is CC(C)N(CCC(=O)O)C(=O)CCc1ccc(N)cc1. The van der Waals surface area contributed by atoms with E-state index in [1.807, 2.05) is 38.1 Å². The Bertz CT molecular complexity index is 455. The summed E-state index contributed by atoms with van der Waals surface area (Å²) in [5.41, 5.74) is 7.36. The number of anilines is 1. The molecule has 3 N–H and O–H groups in total. The maximum Gasteiger partial charge on any atom is 0.305 e. The Kier molecular flexibility index (Phi) is 6.03. The van der Waals surface area contributed by atoms with Crippen molar-refractivity contribution >= 4 is 17.6 Å². The van der Waals surface area contributed by atoms with Gasteiger partial charge in [0.2, 0.25) is 5.91 Å². The fourth-order valence-corrected chi connectivity index (χ4v) is 1.97. The smallest absolute Gasteiger partial charge is 0.305 e. The molecule has 1 aromatic rings. The second kappa shape index (κ2) is 7.53. The third-order valence-electron chi connectivity index (χ3n) is 3.12. The number of carboxylic acids is 1. The van der Waals surface area contributed by atoms with Crippen LogP contribution in [0.1, 0.15) is 32.3 Å². The normalized spacial score (nSPS) is 10.6. The molecular weight excluding hydrogens is 256 g/mol. The van der Waals surface area contributed by atoms with Crippen LogP contribution in [0.5, 0.6) is 0 Å². The first kappa shape index (κ1) is 16.0. The molecule has 0 aliphatic carbocycles. The van der Waals surface area contributed by atoms with Crippen LogP contribution in [-0.4, -0.2) is 34.5 Å². The van der Waals surface area contributed by atoms with Crippen LogP contribution in [0.2, 0.25) is 0 Å². The number of hydrogen-bond donors (Lipinski definition) is 2. The lowest BCUT2D eigenvalue weighted by Gasteiger charge is -2.26. The number of nitrogen functional groups attached to an aromatic ring is 1. The van der Waals surface area contributed by atoms with Gasteiger partial charge in [-0.1, -0.05) is 12.1 Å². The molecule has 5 nitrogen and oxygen atoms in total. The van der Waals surface area contributed by atoms with Gasteiger partial charge in [-0.25, -0.2) is 0 Å². The molecule has 0 aliphatic heterocycles. The van der Waals surface area contributed by atoms with Crippen molar-refractivity contribution in [3.8, 4) is 0 Å². The zero-order valence-corrected chi connectivity index (χ0v) is 12.0. The average molecular weight is 278 g/mol. The number of hydrogen-bond acceptors (Lipinski definition) is 3. The first-order chi connectivity index (χ1) is 9.40. The van der Waals surface area contributed by atoms with Crippen LogP contribution in [0.15, 0.2) is 24.3 Å². The number of aryl methyl sites for hydroxylation is 1. The first-order valence-electron chi connectivity index (χ1n) is 6.76. The first-order valence-corrected chi connectivity index (χ1v) is 6.76. The minimum Gasteiger partial charge on any atom is -0.481 e. The van der Waals surface area contributed by atoms with Gasteiger partial charge in [0.05, 0.1) is 6.42 Å². The lowest BCUT2D eigenvalue weighted by atomic mass is 10.1. The van der Waals surface area contributed by atoms with E-state index in [4.69, 9.17) is 10.8 Å². The minimum atomic E-state index is -0.887. The molecule has 0 radical (unpaired) electrons. The molecule has 0 bridgehead atoms. The van der Waals surface area contributed by atoms with Gasteiger partial charge in [0.1, 0.15) is 0 Å². The number of carboxylic acid groups (broad SMARTS) is 1. The predicted octanol–water partition coefficient (Wildman–Crippen LogP) is 1.91. The summed E-state index contributed by atoms with van der Waals surface area (Å²) in [6.07, 6.45) is 0.989. The molecule has 0 aromatic heterocycles. The van der Waals surface area contributed by atoms with Crippen LogP contribution >= 0.6 is 0 Å². The summed E-state index contributed by atoms with van der Waals surface area (Å²) in [7, 11) is 0. The van der Waals surface area contributed by atoms with E-state index in [1.165, 1.54) is 0 Å². The lowest BCUT2D eigenvalue weighted by molar-refractivity contribution is -0.139. The quantitative estimate of drug-likeness (QED) is 0.746. The van der Waals surface area contributed by atoms with E-state index in [0.717, 1.165) is 5.56 Å². The summed E-state index contributed by atoms with van der Waals surface area (Å²) in [6, 6.07) is 7.43. The average Bonchev–Trinajstić information content (AvgIpc) is 2.37. The number of aliphatic carboxylic acids is 1. The number of amides is 1. The molecule has 0 fully saturated rings. The minimum absolute atomic E-state index is 0.00766. The standard InChI is InChI=1S/C15H22N2O3/c1-11(2)17(10-9-15(19)20)14(18)8-5-12-3-6-13(16)7-4-12/h3-4,6-7,11H,5,8-10,16H2,1-2H3,(H,19,20). The Balaban J connectivity index is 2.53. The fraction of sp³-hybridized carbons (Fsp3) is 0.467. The number of rotatable bonds is 7. The van der Waals surface area contributed by atoms with Crippen molar-refractivity contribution in [1.82, 2.24) is 4.90 Å². The van der Waals surface area contributed by atoms with E-state index in [9.17, 15) is 9.59 Å². The van der Waals surface area contributed by atoms with Crippen molar-refractivity contribution < 1.29 is 14.7 Å². The molecule has 1 aromatic carbocycles. The summed E-state index contributed by atoms with van der Waals surface area (Å²) in [5.74, 6) is -0.903. The van der Waals surface area contributed by atoms with Crippen LogP contribution in [0, 0.1) is 0 Å². The van der Waals surface area contributed by atoms with Gasteiger partial charge < -0.3 is 15.7 Å². The Morgan fingerprint density at radius 3 is 2.30 bits per heavy atom. The molecule has 20 heavy (non-hydrogen) atoms. The van der Waals surface area contributed by atoms with Gasteiger partial charge in [-0.05, 0) is 38.0 Å². The largest absolute Gasteiger partial charge is 0.481 e. The van der Waals surface area contributed by atoms with Crippen molar-refractivity contribution in [3.63, 3.8) is 0 Å². The van der Waals surface area contributed by atoms with Gasteiger partial charge in [0.25, 0.3) is 0 Å². The van der Waals surface area contributed by atoms with E-state index in [2.05, 4.69) is 0 Å². The molecule has 0 unspecified atom stereocenters. The van der Waals surface area contributed by atoms with Crippen molar-refractivity contribution in [1.29, 1.82) is 0 Å². The molecule has 0 atom stereocenters. The van der Waals surface area contributed by atoms with Crippen molar-refractivity contribution in [2.24, 2.45) is 0 Å². The van der Waals surface area contributed by atoms with Gasteiger partial charge >= 0.3 is 5.97 Å². The number of nitrogens with two attached hydrogens (primary N) is 1. The topological polar surface area (TPSA) is 83.6 Å². The summed E-state index contributed by atoms with van der Waals surface area (Å²) in [5, 5.41) is 8.71. The van der Waals surface area contributed by atoms with Gasteiger partial charge in [-0.2, -0.15) is 0 Å². The van der Waals surface area contributed by atoms with E-state index in [1.54, 1.807) is 4.90 Å². The van der Waals surface area contributed by atoms with E-state index in [-0.39, 0.29) is 24.9 Å². The third-order valence-corrected chi connectivity index (χ3v) is 3.12. The number of nitrogens with zero attached hydrogens (tertiary/aromatic N) is 1. The number of carbonyl (C=O) groups is 2. The van der Waals surface area contributed by atoms with Crippen LogP contribution in [-0.2, 0) is 16.0 Å². The number of benzene rings is 1. The highest BCUT2D eigenvalue weighted by atomic mass is 16.4. The highest BCUT2D eigenvalue weighted by Crippen LogP contribution is 2.10. The molecule has 1 rings (SSSR count). The maximum atomic E-state index is 12.1. The van der Waals surface area contributed by atoms with Gasteiger partial charge in [-0.15, -0.1) is 0 Å². The Hall–Kier alpha value is -2.04. The van der Waals surface area contributed by atoms with E-state index >= 15 is 0 Å². The molecule has 0 aliphatic rings. The highest BCUT2D eigenvalue weighted by Gasteiger charge is 2.17. The molecule has 0 saturated heterocycles. The van der Waals surface area contributed by atoms with Gasteiger partial charge in [0.15, 0.2) is 0 Å². The van der Waals surface area contributed by atoms with Crippen molar-refractivity contribution in [3.05, 3.63) is 29.8 Å². The second-order valence-electron chi connectivity index (χ2n) is 5.07. The van der Waals surface area contributed by atoms with Crippen LogP contribution in [0.4, 0.5) is 5.69 Å². The zero-order chi connectivity index (χ0) is 15.1. The van der Waals surface area contributed by atoms with E-state index in [0.29, 0.717) is 18.5 Å². The number of carbonyl (C=O) groups excluding carboxylic acids is 1. The Morgan fingerprint density at radius 1 is 1.20 bits per heavy atom. The summed E-state index contributed by atoms with van der Waals surface area (Å²) in [6.45, 7) is 4.04. The van der Waals surface area contributed by atoms with E-state index < -0.39 is 5.97 Å². The van der Waals surface area contributed by atoms with Gasteiger partial charge in [-0.3, -0.25) is 9.59 Å². The molecule has 0 heterocycles. The Labute approximate surface area is 119 Å². The molecular formula is C15H22N2O3. The van der Waals surface area contributed by atoms with Crippen LogP contribution < -0.4 is 5.73 Å². The highest BCUT2D eigenvalue weighted by molar-refractivity contribution is 5.77. The molecule has 1 amide bonds. The molecule has 110 valence electrons. The second-order valence-corrected chi connectivity index (χ2v) is 5.07. The lowest BCUT2D eigenvalue weighted by Crippen LogP contribution is -2.38. The summed E-state index contributed by atoms with van der Waals surface area (Å²) >= 11 is 0. The fourth-order valence-electron chi connectivity index (χ4n) is 1.97. The van der Waals surface area contributed by atoms with Crippen LogP contribution in [0.3, 0.4) is 0 Å². The van der Waals surface area contributed by atoms with Crippen LogP contribution in [0.25, 0.3) is 0 Å². The zero-order valence-electron chi connectivity index (χ0n) is 12.0. The predicted molar refractivity (Wildman–Crippen MR) is 78.3 cm³/mol. The van der Waals surface area contributed by atoms with Crippen molar-refractivity contribution in [2.75, 3.05) is 12.3 Å². The molecule has 0 spiro atoms.